The lowest BCUT2D eigenvalue weighted by molar-refractivity contribution is 0.0959. The number of thioether (sulfide) groups is 2. The molecule has 4 nitrogen and oxygen atoms in total. The van der Waals surface area contributed by atoms with E-state index < -0.39 is 0 Å². The van der Waals surface area contributed by atoms with Gasteiger partial charge >= 0.3 is 0 Å². The lowest BCUT2D eigenvalue weighted by atomic mass is 10.2. The van der Waals surface area contributed by atoms with Crippen molar-refractivity contribution in [3.05, 3.63) is 22.7 Å². The Hall–Kier alpha value is -0.920. The molecule has 1 atom stereocenters. The van der Waals surface area contributed by atoms with E-state index in [1.165, 1.54) is 22.8 Å². The number of nitrogen functional groups attached to an aromatic ring is 1. The number of aryl methyl sites for hydroxylation is 1. The monoisotopic (exact) mass is 339 g/mol. The minimum absolute atomic E-state index is 0.0777. The number of nitrogens with two attached hydrogens (primary N) is 1. The normalized spacial score (nSPS) is 18.8. The molecular weight excluding hydrogens is 322 g/mol. The van der Waals surface area contributed by atoms with E-state index in [4.69, 9.17) is 5.73 Å². The van der Waals surface area contributed by atoms with Crippen LogP contribution in [0.1, 0.15) is 15.2 Å². The molecule has 0 spiro atoms. The van der Waals surface area contributed by atoms with Crippen LogP contribution < -0.4 is 11.1 Å². The van der Waals surface area contributed by atoms with Crippen LogP contribution in [0, 0.1) is 6.92 Å². The number of aromatic nitrogens is 1. The maximum atomic E-state index is 12.4. The highest BCUT2D eigenvalue weighted by molar-refractivity contribution is 8.06. The van der Waals surface area contributed by atoms with Crippen LogP contribution in [0.3, 0.4) is 0 Å². The van der Waals surface area contributed by atoms with Crippen LogP contribution in [0.5, 0.6) is 0 Å². The Bertz CT molecular complexity index is 665. The van der Waals surface area contributed by atoms with E-state index in [1.54, 1.807) is 6.20 Å². The highest BCUT2D eigenvalue weighted by atomic mass is 32.2. The summed E-state index contributed by atoms with van der Waals surface area (Å²) in [5.41, 5.74) is 7.77. The summed E-state index contributed by atoms with van der Waals surface area (Å²) in [6.07, 6.45) is 1.76. The Labute approximate surface area is 136 Å². The summed E-state index contributed by atoms with van der Waals surface area (Å²) >= 11 is 5.26. The topological polar surface area (TPSA) is 68.0 Å². The SMILES string of the molecule is Cc1ccnc2sc(C(=O)NCC3CSCCS3)c(N)c12. The standard InChI is InChI=1S/C14H17N3OS3/c1-8-2-3-16-14-10(8)11(15)12(21-14)13(18)17-6-9-7-19-4-5-20-9/h2-3,9H,4-7,15H2,1H3,(H,17,18). The Morgan fingerprint density at radius 2 is 2.38 bits per heavy atom. The first-order valence-corrected chi connectivity index (χ1v) is 9.80. The molecule has 0 aliphatic carbocycles. The molecule has 3 heterocycles. The maximum Gasteiger partial charge on any atom is 0.263 e. The van der Waals surface area contributed by atoms with Crippen molar-refractivity contribution < 1.29 is 4.79 Å². The van der Waals surface area contributed by atoms with Gasteiger partial charge in [0.05, 0.1) is 5.69 Å². The number of pyridine rings is 1. The van der Waals surface area contributed by atoms with Gasteiger partial charge in [0.15, 0.2) is 0 Å². The lowest BCUT2D eigenvalue weighted by Gasteiger charge is -2.20. The summed E-state index contributed by atoms with van der Waals surface area (Å²) in [7, 11) is 0. The van der Waals surface area contributed by atoms with E-state index in [1.807, 2.05) is 36.5 Å². The number of hydrogen-bond donors (Lipinski definition) is 2. The number of carbonyl (C=O) groups is 1. The molecule has 0 saturated carbocycles. The summed E-state index contributed by atoms with van der Waals surface area (Å²) in [6.45, 7) is 2.70. The summed E-state index contributed by atoms with van der Waals surface area (Å²) in [4.78, 5) is 18.1. The molecule has 0 radical (unpaired) electrons. The van der Waals surface area contributed by atoms with Crippen molar-refractivity contribution in [2.45, 2.75) is 12.2 Å². The maximum absolute atomic E-state index is 12.4. The smallest absolute Gasteiger partial charge is 0.263 e. The minimum atomic E-state index is -0.0777. The summed E-state index contributed by atoms with van der Waals surface area (Å²) in [6, 6.07) is 1.92. The molecule has 1 unspecified atom stereocenters. The summed E-state index contributed by atoms with van der Waals surface area (Å²) < 4.78 is 0. The van der Waals surface area contributed by atoms with Crippen LogP contribution in [-0.4, -0.2) is 39.9 Å². The molecule has 112 valence electrons. The van der Waals surface area contributed by atoms with E-state index >= 15 is 0 Å². The first kappa shape index (κ1) is 15.0. The molecule has 2 aromatic rings. The molecule has 0 aromatic carbocycles. The number of carbonyl (C=O) groups excluding carboxylic acids is 1. The Balaban J connectivity index is 1.75. The summed E-state index contributed by atoms with van der Waals surface area (Å²) in [5, 5.41) is 4.43. The van der Waals surface area contributed by atoms with Gasteiger partial charge in [0, 0.05) is 40.6 Å². The van der Waals surface area contributed by atoms with Crippen molar-refractivity contribution in [3.63, 3.8) is 0 Å². The van der Waals surface area contributed by atoms with Gasteiger partial charge in [0.1, 0.15) is 9.71 Å². The summed E-state index contributed by atoms with van der Waals surface area (Å²) in [5.74, 6) is 3.40. The average Bonchev–Trinajstić information content (AvgIpc) is 2.84. The number of thiophene rings is 1. The van der Waals surface area contributed by atoms with Crippen molar-refractivity contribution >= 4 is 56.7 Å². The van der Waals surface area contributed by atoms with Gasteiger partial charge in [-0.05, 0) is 18.6 Å². The predicted octanol–water partition coefficient (Wildman–Crippen LogP) is 2.77. The zero-order valence-electron chi connectivity index (χ0n) is 11.7. The second kappa shape index (κ2) is 6.46. The Kier molecular flexibility index (Phi) is 4.61. The fourth-order valence-corrected chi connectivity index (χ4v) is 5.98. The third-order valence-corrected chi connectivity index (χ3v) is 7.38. The number of anilines is 1. The van der Waals surface area contributed by atoms with Gasteiger partial charge in [0.25, 0.3) is 5.91 Å². The number of amides is 1. The van der Waals surface area contributed by atoms with Gasteiger partial charge in [0.2, 0.25) is 0 Å². The van der Waals surface area contributed by atoms with Crippen LogP contribution in [0.2, 0.25) is 0 Å². The molecule has 1 amide bonds. The zero-order valence-corrected chi connectivity index (χ0v) is 14.2. The van der Waals surface area contributed by atoms with Crippen molar-refractivity contribution in [2.24, 2.45) is 0 Å². The molecule has 21 heavy (non-hydrogen) atoms. The second-order valence-electron chi connectivity index (χ2n) is 4.93. The van der Waals surface area contributed by atoms with Gasteiger partial charge in [-0.15, -0.1) is 11.3 Å². The number of nitrogens with zero attached hydrogens (tertiary/aromatic N) is 1. The van der Waals surface area contributed by atoms with Gasteiger partial charge in [-0.1, -0.05) is 0 Å². The third-order valence-electron chi connectivity index (χ3n) is 3.42. The minimum Gasteiger partial charge on any atom is -0.397 e. The highest BCUT2D eigenvalue weighted by Gasteiger charge is 2.20. The van der Waals surface area contributed by atoms with Crippen LogP contribution in [0.4, 0.5) is 5.69 Å². The van der Waals surface area contributed by atoms with Crippen LogP contribution >= 0.6 is 34.9 Å². The fraction of sp³-hybridized carbons (Fsp3) is 0.429. The Morgan fingerprint density at radius 3 is 3.10 bits per heavy atom. The lowest BCUT2D eigenvalue weighted by Crippen LogP contribution is -2.33. The van der Waals surface area contributed by atoms with Crippen LogP contribution in [-0.2, 0) is 0 Å². The molecule has 1 saturated heterocycles. The van der Waals surface area contributed by atoms with E-state index in [0.717, 1.165) is 21.5 Å². The molecule has 1 aliphatic rings. The molecular formula is C14H17N3OS3. The highest BCUT2D eigenvalue weighted by Crippen LogP contribution is 2.34. The number of hydrogen-bond acceptors (Lipinski definition) is 6. The van der Waals surface area contributed by atoms with Gasteiger partial charge in [-0.2, -0.15) is 23.5 Å². The average molecular weight is 340 g/mol. The zero-order chi connectivity index (χ0) is 14.8. The van der Waals surface area contributed by atoms with Gasteiger partial charge in [-0.25, -0.2) is 4.98 Å². The van der Waals surface area contributed by atoms with Crippen LogP contribution in [0.25, 0.3) is 10.2 Å². The van der Waals surface area contributed by atoms with E-state index in [2.05, 4.69) is 10.3 Å². The Morgan fingerprint density at radius 1 is 1.52 bits per heavy atom. The number of rotatable bonds is 3. The van der Waals surface area contributed by atoms with E-state index in [9.17, 15) is 4.79 Å². The largest absolute Gasteiger partial charge is 0.397 e. The van der Waals surface area contributed by atoms with Crippen molar-refractivity contribution in [3.8, 4) is 0 Å². The molecule has 7 heteroatoms. The molecule has 1 fully saturated rings. The van der Waals surface area contributed by atoms with E-state index in [0.29, 0.717) is 22.4 Å². The van der Waals surface area contributed by atoms with E-state index in [-0.39, 0.29) is 5.91 Å². The van der Waals surface area contributed by atoms with Crippen molar-refractivity contribution in [1.29, 1.82) is 0 Å². The molecule has 3 N–H and O–H groups in total. The second-order valence-corrected chi connectivity index (χ2v) is 8.49. The first-order chi connectivity index (χ1) is 10.2. The molecule has 2 aromatic heterocycles. The van der Waals surface area contributed by atoms with Crippen LogP contribution in [0.15, 0.2) is 12.3 Å². The molecule has 3 rings (SSSR count). The third kappa shape index (κ3) is 3.14. The number of fused-ring (bicyclic) bond motifs is 1. The van der Waals surface area contributed by atoms with Gasteiger partial charge in [-0.3, -0.25) is 4.79 Å². The molecule has 1 aliphatic heterocycles. The number of nitrogens with one attached hydrogen (secondary N) is 1. The molecule has 0 bridgehead atoms. The van der Waals surface area contributed by atoms with Crippen molar-refractivity contribution in [2.75, 3.05) is 29.5 Å². The van der Waals surface area contributed by atoms with Crippen molar-refractivity contribution in [1.82, 2.24) is 10.3 Å². The van der Waals surface area contributed by atoms with Gasteiger partial charge < -0.3 is 11.1 Å². The predicted molar refractivity (Wildman–Crippen MR) is 94.7 cm³/mol. The fourth-order valence-electron chi connectivity index (χ4n) is 2.31. The quantitative estimate of drug-likeness (QED) is 0.900. The first-order valence-electron chi connectivity index (χ1n) is 6.78.